The Morgan fingerprint density at radius 1 is 1.29 bits per heavy atom. The molecule has 1 N–H and O–H groups in total. The Balaban J connectivity index is 1.95. The molecule has 24 heavy (non-hydrogen) atoms. The number of benzene rings is 1. The van der Waals surface area contributed by atoms with Crippen molar-refractivity contribution in [2.75, 3.05) is 45.9 Å². The summed E-state index contributed by atoms with van der Waals surface area (Å²) in [4.78, 5) is 16.9. The Morgan fingerprint density at radius 3 is 2.67 bits per heavy atom. The molecule has 1 heterocycles. The van der Waals surface area contributed by atoms with Gasteiger partial charge in [-0.1, -0.05) is 37.3 Å². The van der Waals surface area contributed by atoms with Crippen LogP contribution in [0.5, 0.6) is 0 Å². The van der Waals surface area contributed by atoms with E-state index in [4.69, 9.17) is 4.74 Å². The lowest BCUT2D eigenvalue weighted by molar-refractivity contribution is -0.123. The van der Waals surface area contributed by atoms with Gasteiger partial charge in [0.1, 0.15) is 0 Å². The molecule has 5 nitrogen and oxygen atoms in total. The van der Waals surface area contributed by atoms with Gasteiger partial charge >= 0.3 is 0 Å². The van der Waals surface area contributed by atoms with Crippen LogP contribution in [0.25, 0.3) is 0 Å². The summed E-state index contributed by atoms with van der Waals surface area (Å²) in [5.74, 6) is 0.113. The number of carbonyl (C=O) groups excluding carboxylic acids is 1. The van der Waals surface area contributed by atoms with Crippen molar-refractivity contribution in [1.29, 1.82) is 0 Å². The van der Waals surface area contributed by atoms with E-state index in [0.29, 0.717) is 12.6 Å². The highest BCUT2D eigenvalue weighted by Crippen LogP contribution is 2.10. The summed E-state index contributed by atoms with van der Waals surface area (Å²) in [5.41, 5.74) is 1.25. The fourth-order valence-electron chi connectivity index (χ4n) is 2.96. The van der Waals surface area contributed by atoms with Crippen LogP contribution in [-0.4, -0.2) is 67.7 Å². The Hall–Kier alpha value is -1.43. The molecule has 1 aliphatic rings. The van der Waals surface area contributed by atoms with Gasteiger partial charge in [0.2, 0.25) is 5.91 Å². The summed E-state index contributed by atoms with van der Waals surface area (Å²) in [6, 6.07) is 10.7. The molecule has 1 unspecified atom stereocenters. The van der Waals surface area contributed by atoms with Gasteiger partial charge in [-0.25, -0.2) is 0 Å². The molecule has 1 saturated heterocycles. The summed E-state index contributed by atoms with van der Waals surface area (Å²) in [6.07, 6.45) is 0.966. The fourth-order valence-corrected chi connectivity index (χ4v) is 2.96. The lowest BCUT2D eigenvalue weighted by atomic mass is 10.1. The van der Waals surface area contributed by atoms with Crippen LogP contribution in [0.2, 0.25) is 0 Å². The summed E-state index contributed by atoms with van der Waals surface area (Å²) in [6.45, 7) is 10.8. The fraction of sp³-hybridized carbons (Fsp3) is 0.632. The first kappa shape index (κ1) is 18.9. The highest BCUT2D eigenvalue weighted by atomic mass is 16.5. The highest BCUT2D eigenvalue weighted by Gasteiger charge is 2.21. The quantitative estimate of drug-likeness (QED) is 0.748. The largest absolute Gasteiger partial charge is 0.379 e. The topological polar surface area (TPSA) is 44.8 Å². The smallest absolute Gasteiger partial charge is 0.234 e. The third kappa shape index (κ3) is 6.59. The second-order valence-electron chi connectivity index (χ2n) is 6.50. The van der Waals surface area contributed by atoms with Crippen LogP contribution in [0.15, 0.2) is 30.3 Å². The van der Waals surface area contributed by atoms with Crippen LogP contribution >= 0.6 is 0 Å². The predicted octanol–water partition coefficient (Wildman–Crippen LogP) is 1.74. The molecular formula is C19H31N3O2. The number of ether oxygens (including phenoxy) is 1. The molecule has 1 fully saturated rings. The molecule has 1 amide bonds. The number of hydrogen-bond donors (Lipinski definition) is 1. The molecule has 0 aromatic heterocycles. The molecule has 0 saturated carbocycles. The number of morpholine rings is 1. The SMILES string of the molecule is CCCNC(=O)CN(Cc1ccccc1)C(C)CN1CCOCC1. The molecule has 0 aliphatic carbocycles. The van der Waals surface area contributed by atoms with Gasteiger partial charge in [-0.3, -0.25) is 14.6 Å². The molecule has 1 aromatic carbocycles. The van der Waals surface area contributed by atoms with Gasteiger partial charge in [0.15, 0.2) is 0 Å². The number of amides is 1. The molecule has 0 bridgehead atoms. The second kappa shape index (κ2) is 10.4. The number of rotatable bonds is 9. The maximum absolute atomic E-state index is 12.2. The number of carbonyl (C=O) groups is 1. The normalized spacial score (nSPS) is 17.0. The average Bonchev–Trinajstić information content (AvgIpc) is 2.61. The van der Waals surface area contributed by atoms with Crippen molar-refractivity contribution in [2.24, 2.45) is 0 Å². The van der Waals surface area contributed by atoms with Gasteiger partial charge in [0, 0.05) is 38.8 Å². The first-order valence-electron chi connectivity index (χ1n) is 9.03. The van der Waals surface area contributed by atoms with Crippen LogP contribution < -0.4 is 5.32 Å². The van der Waals surface area contributed by atoms with Crippen molar-refractivity contribution in [3.8, 4) is 0 Å². The minimum absolute atomic E-state index is 0.113. The maximum atomic E-state index is 12.2. The van der Waals surface area contributed by atoms with Gasteiger partial charge in [-0.15, -0.1) is 0 Å². The third-order valence-corrected chi connectivity index (χ3v) is 4.40. The Labute approximate surface area is 146 Å². The summed E-state index contributed by atoms with van der Waals surface area (Å²) < 4.78 is 5.43. The minimum Gasteiger partial charge on any atom is -0.379 e. The van der Waals surface area contributed by atoms with Crippen molar-refractivity contribution in [3.05, 3.63) is 35.9 Å². The number of nitrogens with zero attached hydrogens (tertiary/aromatic N) is 2. The predicted molar refractivity (Wildman–Crippen MR) is 96.9 cm³/mol. The van der Waals surface area contributed by atoms with E-state index in [-0.39, 0.29) is 5.91 Å². The summed E-state index contributed by atoms with van der Waals surface area (Å²) in [7, 11) is 0. The maximum Gasteiger partial charge on any atom is 0.234 e. The van der Waals surface area contributed by atoms with E-state index in [1.807, 2.05) is 6.07 Å². The Morgan fingerprint density at radius 2 is 2.00 bits per heavy atom. The van der Waals surface area contributed by atoms with E-state index in [0.717, 1.165) is 52.4 Å². The van der Waals surface area contributed by atoms with E-state index in [2.05, 4.69) is 53.2 Å². The van der Waals surface area contributed by atoms with Crippen LogP contribution in [0.3, 0.4) is 0 Å². The monoisotopic (exact) mass is 333 g/mol. The molecule has 1 aliphatic heterocycles. The number of hydrogen-bond acceptors (Lipinski definition) is 4. The molecule has 1 atom stereocenters. The van der Waals surface area contributed by atoms with Crippen molar-refractivity contribution in [2.45, 2.75) is 32.9 Å². The molecule has 0 spiro atoms. The Kier molecular flexibility index (Phi) is 8.22. The zero-order valence-electron chi connectivity index (χ0n) is 15.0. The van der Waals surface area contributed by atoms with E-state index >= 15 is 0 Å². The van der Waals surface area contributed by atoms with Crippen LogP contribution in [0, 0.1) is 0 Å². The Bertz CT molecular complexity index is 475. The summed E-state index contributed by atoms with van der Waals surface area (Å²) in [5, 5.41) is 2.99. The van der Waals surface area contributed by atoms with E-state index in [1.54, 1.807) is 0 Å². The van der Waals surface area contributed by atoms with E-state index in [9.17, 15) is 4.79 Å². The van der Waals surface area contributed by atoms with Crippen LogP contribution in [0.1, 0.15) is 25.8 Å². The van der Waals surface area contributed by atoms with E-state index < -0.39 is 0 Å². The standard InChI is InChI=1S/C19H31N3O2/c1-3-9-20-19(23)16-22(15-18-7-5-4-6-8-18)17(2)14-21-10-12-24-13-11-21/h4-8,17H,3,9-16H2,1-2H3,(H,20,23). The minimum atomic E-state index is 0.113. The molecule has 1 aromatic rings. The van der Waals surface area contributed by atoms with Crippen LogP contribution in [0.4, 0.5) is 0 Å². The van der Waals surface area contributed by atoms with Gasteiger partial charge in [-0.2, -0.15) is 0 Å². The molecule has 5 heteroatoms. The molecule has 134 valence electrons. The molecular weight excluding hydrogens is 302 g/mol. The second-order valence-corrected chi connectivity index (χ2v) is 6.50. The highest BCUT2D eigenvalue weighted by molar-refractivity contribution is 5.78. The van der Waals surface area contributed by atoms with Crippen molar-refractivity contribution >= 4 is 5.91 Å². The lowest BCUT2D eigenvalue weighted by Crippen LogP contribution is -2.48. The molecule has 0 radical (unpaired) electrons. The van der Waals surface area contributed by atoms with Gasteiger partial charge in [0.25, 0.3) is 0 Å². The van der Waals surface area contributed by atoms with Crippen molar-refractivity contribution in [1.82, 2.24) is 15.1 Å². The van der Waals surface area contributed by atoms with Crippen LogP contribution in [-0.2, 0) is 16.1 Å². The average molecular weight is 333 g/mol. The first-order chi connectivity index (χ1) is 11.7. The van der Waals surface area contributed by atoms with Crippen molar-refractivity contribution in [3.63, 3.8) is 0 Å². The first-order valence-corrected chi connectivity index (χ1v) is 9.03. The zero-order valence-corrected chi connectivity index (χ0v) is 15.0. The van der Waals surface area contributed by atoms with Crippen molar-refractivity contribution < 1.29 is 9.53 Å². The van der Waals surface area contributed by atoms with E-state index in [1.165, 1.54) is 5.56 Å². The third-order valence-electron chi connectivity index (χ3n) is 4.40. The summed E-state index contributed by atoms with van der Waals surface area (Å²) >= 11 is 0. The van der Waals surface area contributed by atoms with Gasteiger partial charge < -0.3 is 10.1 Å². The zero-order chi connectivity index (χ0) is 17.2. The molecule has 2 rings (SSSR count). The van der Waals surface area contributed by atoms with Gasteiger partial charge in [0.05, 0.1) is 19.8 Å². The number of nitrogens with one attached hydrogen (secondary N) is 1. The van der Waals surface area contributed by atoms with Gasteiger partial charge in [-0.05, 0) is 18.9 Å². The lowest BCUT2D eigenvalue weighted by Gasteiger charge is -2.34.